The third-order valence-corrected chi connectivity index (χ3v) is 4.30. The number of rotatable bonds is 4. The number of halogens is 1. The van der Waals surface area contributed by atoms with Crippen molar-refractivity contribution in [2.75, 3.05) is 13.1 Å². The second-order valence-electron chi connectivity index (χ2n) is 5.61. The van der Waals surface area contributed by atoms with E-state index in [0.29, 0.717) is 18.8 Å². The summed E-state index contributed by atoms with van der Waals surface area (Å²) >= 11 is 5.88. The van der Waals surface area contributed by atoms with Crippen molar-refractivity contribution in [3.63, 3.8) is 0 Å². The summed E-state index contributed by atoms with van der Waals surface area (Å²) in [6.07, 6.45) is 2.79. The quantitative estimate of drug-likeness (QED) is 0.942. The number of hydrogen-bond donors (Lipinski definition) is 1. The van der Waals surface area contributed by atoms with Crippen LogP contribution in [0.15, 0.2) is 47.4 Å². The van der Waals surface area contributed by atoms with Crippen molar-refractivity contribution in [3.05, 3.63) is 69.1 Å². The minimum Gasteiger partial charge on any atom is -0.341 e. The summed E-state index contributed by atoms with van der Waals surface area (Å²) in [7, 11) is 0. The summed E-state index contributed by atoms with van der Waals surface area (Å²) in [5.74, 6) is 0.575. The van der Waals surface area contributed by atoms with E-state index in [9.17, 15) is 9.59 Å². The maximum atomic E-state index is 12.1. The van der Waals surface area contributed by atoms with Crippen LogP contribution < -0.4 is 5.56 Å². The van der Waals surface area contributed by atoms with Gasteiger partial charge in [-0.15, -0.1) is 0 Å². The molecule has 0 aliphatic carbocycles. The molecule has 1 aliphatic rings. The van der Waals surface area contributed by atoms with E-state index in [1.165, 1.54) is 11.6 Å². The lowest BCUT2D eigenvalue weighted by molar-refractivity contribution is -0.135. The largest absolute Gasteiger partial charge is 0.341 e. The van der Waals surface area contributed by atoms with Crippen LogP contribution in [0.25, 0.3) is 0 Å². The van der Waals surface area contributed by atoms with Gasteiger partial charge >= 0.3 is 0 Å². The molecule has 1 aromatic carbocycles. The Morgan fingerprint density at radius 3 is 2.55 bits per heavy atom. The summed E-state index contributed by atoms with van der Waals surface area (Å²) in [5, 5.41) is 0.733. The zero-order valence-corrected chi connectivity index (χ0v) is 12.8. The molecular formula is C17H17ClN2O2. The Kier molecular flexibility index (Phi) is 4.29. The number of amides is 1. The highest BCUT2D eigenvalue weighted by atomic mass is 35.5. The number of aromatic nitrogens is 1. The molecule has 2 heterocycles. The summed E-state index contributed by atoms with van der Waals surface area (Å²) in [6, 6.07) is 11.1. The number of H-pyrrole nitrogens is 1. The van der Waals surface area contributed by atoms with Gasteiger partial charge in [0, 0.05) is 42.7 Å². The van der Waals surface area contributed by atoms with Crippen LogP contribution in [0.1, 0.15) is 23.5 Å². The predicted molar refractivity (Wildman–Crippen MR) is 86.2 cm³/mol. The van der Waals surface area contributed by atoms with Crippen LogP contribution in [-0.2, 0) is 11.2 Å². The SMILES string of the molecule is O=C(CCc1ccc(=O)[nH]c1)N1CC(c2ccc(Cl)cc2)C1. The lowest BCUT2D eigenvalue weighted by Gasteiger charge is -2.39. The monoisotopic (exact) mass is 316 g/mol. The number of likely N-dealkylation sites (tertiary alicyclic amines) is 1. The number of nitrogens with zero attached hydrogens (tertiary/aromatic N) is 1. The fourth-order valence-electron chi connectivity index (χ4n) is 2.64. The van der Waals surface area contributed by atoms with Gasteiger partial charge in [0.15, 0.2) is 0 Å². The number of carbonyl (C=O) groups excluding carboxylic acids is 1. The normalized spacial score (nSPS) is 14.7. The molecule has 0 unspecified atom stereocenters. The van der Waals surface area contributed by atoms with Gasteiger partial charge < -0.3 is 9.88 Å². The van der Waals surface area contributed by atoms with Gasteiger partial charge in [-0.25, -0.2) is 0 Å². The van der Waals surface area contributed by atoms with Gasteiger partial charge in [-0.2, -0.15) is 0 Å². The highest BCUT2D eigenvalue weighted by Gasteiger charge is 2.31. The lowest BCUT2D eigenvalue weighted by atomic mass is 9.91. The second kappa shape index (κ2) is 6.36. The first-order chi connectivity index (χ1) is 10.6. The first kappa shape index (κ1) is 14.9. The Balaban J connectivity index is 1.48. The topological polar surface area (TPSA) is 53.2 Å². The zero-order chi connectivity index (χ0) is 15.5. The fourth-order valence-corrected chi connectivity index (χ4v) is 2.76. The molecule has 5 heteroatoms. The van der Waals surface area contributed by atoms with Gasteiger partial charge in [0.1, 0.15) is 0 Å². The first-order valence-corrected chi connectivity index (χ1v) is 7.70. The van der Waals surface area contributed by atoms with E-state index in [2.05, 4.69) is 4.98 Å². The molecule has 4 nitrogen and oxygen atoms in total. The standard InChI is InChI=1S/C17H17ClN2O2/c18-15-5-3-13(4-6-15)14-10-20(11-14)17(22)8-2-12-1-7-16(21)19-9-12/h1,3-7,9,14H,2,8,10-11H2,(H,19,21). The molecule has 0 atom stereocenters. The molecule has 3 rings (SSSR count). The van der Waals surface area contributed by atoms with E-state index >= 15 is 0 Å². The lowest BCUT2D eigenvalue weighted by Crippen LogP contribution is -2.48. The average molecular weight is 317 g/mol. The fraction of sp³-hybridized carbons (Fsp3) is 0.294. The van der Waals surface area contributed by atoms with E-state index in [1.807, 2.05) is 29.2 Å². The molecule has 22 heavy (non-hydrogen) atoms. The number of pyridine rings is 1. The molecule has 1 aliphatic heterocycles. The van der Waals surface area contributed by atoms with Gasteiger partial charge in [0.2, 0.25) is 11.5 Å². The molecule has 1 saturated heterocycles. The molecule has 0 spiro atoms. The molecule has 1 fully saturated rings. The Morgan fingerprint density at radius 2 is 1.91 bits per heavy atom. The van der Waals surface area contributed by atoms with Crippen molar-refractivity contribution in [1.29, 1.82) is 0 Å². The smallest absolute Gasteiger partial charge is 0.247 e. The van der Waals surface area contributed by atoms with Crippen LogP contribution in [-0.4, -0.2) is 28.9 Å². The van der Waals surface area contributed by atoms with Crippen molar-refractivity contribution >= 4 is 17.5 Å². The van der Waals surface area contributed by atoms with E-state index in [0.717, 1.165) is 23.7 Å². The molecule has 114 valence electrons. The number of aryl methyl sites for hydroxylation is 1. The molecule has 0 saturated carbocycles. The summed E-state index contributed by atoms with van der Waals surface area (Å²) in [6.45, 7) is 1.54. The molecular weight excluding hydrogens is 300 g/mol. The van der Waals surface area contributed by atoms with Crippen molar-refractivity contribution < 1.29 is 4.79 Å². The van der Waals surface area contributed by atoms with Gasteiger partial charge in [-0.3, -0.25) is 9.59 Å². The van der Waals surface area contributed by atoms with E-state index in [4.69, 9.17) is 11.6 Å². The van der Waals surface area contributed by atoms with Gasteiger partial charge in [0.25, 0.3) is 0 Å². The second-order valence-corrected chi connectivity index (χ2v) is 6.04. The highest BCUT2D eigenvalue weighted by molar-refractivity contribution is 6.30. The zero-order valence-electron chi connectivity index (χ0n) is 12.1. The van der Waals surface area contributed by atoms with Crippen LogP contribution >= 0.6 is 11.6 Å². The van der Waals surface area contributed by atoms with Gasteiger partial charge in [0.05, 0.1) is 0 Å². The van der Waals surface area contributed by atoms with E-state index in [-0.39, 0.29) is 11.5 Å². The number of benzene rings is 1. The van der Waals surface area contributed by atoms with E-state index < -0.39 is 0 Å². The van der Waals surface area contributed by atoms with Crippen LogP contribution in [0.3, 0.4) is 0 Å². The molecule has 2 aromatic rings. The maximum Gasteiger partial charge on any atom is 0.247 e. The summed E-state index contributed by atoms with van der Waals surface area (Å²) < 4.78 is 0. The Morgan fingerprint density at radius 1 is 1.18 bits per heavy atom. The van der Waals surface area contributed by atoms with Gasteiger partial charge in [-0.1, -0.05) is 29.8 Å². The van der Waals surface area contributed by atoms with Crippen molar-refractivity contribution in [2.24, 2.45) is 0 Å². The van der Waals surface area contributed by atoms with E-state index in [1.54, 1.807) is 12.3 Å². The van der Waals surface area contributed by atoms with Crippen LogP contribution in [0.4, 0.5) is 0 Å². The molecule has 1 aromatic heterocycles. The average Bonchev–Trinajstić information content (AvgIpc) is 2.47. The van der Waals surface area contributed by atoms with Crippen molar-refractivity contribution in [2.45, 2.75) is 18.8 Å². The van der Waals surface area contributed by atoms with Crippen LogP contribution in [0.2, 0.25) is 5.02 Å². The van der Waals surface area contributed by atoms with Gasteiger partial charge in [-0.05, 0) is 29.7 Å². The van der Waals surface area contributed by atoms with Crippen molar-refractivity contribution in [3.8, 4) is 0 Å². The number of nitrogens with one attached hydrogen (secondary N) is 1. The predicted octanol–water partition coefficient (Wildman–Crippen LogP) is 2.59. The molecule has 0 radical (unpaired) electrons. The third-order valence-electron chi connectivity index (χ3n) is 4.05. The maximum absolute atomic E-state index is 12.1. The van der Waals surface area contributed by atoms with Crippen LogP contribution in [0, 0.1) is 0 Å². The summed E-state index contributed by atoms with van der Waals surface area (Å²) in [4.78, 5) is 27.6. The van der Waals surface area contributed by atoms with Crippen molar-refractivity contribution in [1.82, 2.24) is 9.88 Å². The summed E-state index contributed by atoms with van der Waals surface area (Å²) in [5.41, 5.74) is 2.08. The molecule has 1 N–H and O–H groups in total. The molecule has 0 bridgehead atoms. The minimum absolute atomic E-state index is 0.122. The minimum atomic E-state index is -0.122. The number of aromatic amines is 1. The number of carbonyl (C=O) groups is 1. The first-order valence-electron chi connectivity index (χ1n) is 7.32. The van der Waals surface area contributed by atoms with Crippen LogP contribution in [0.5, 0.6) is 0 Å². The third kappa shape index (κ3) is 3.39. The Bertz CT molecular complexity index is 698. The Labute approximate surface area is 133 Å². The number of hydrogen-bond acceptors (Lipinski definition) is 2. The Hall–Kier alpha value is -2.07. The highest BCUT2D eigenvalue weighted by Crippen LogP contribution is 2.28. The molecule has 1 amide bonds.